The van der Waals surface area contributed by atoms with Crippen LogP contribution in [0, 0.1) is 6.92 Å². The van der Waals surface area contributed by atoms with Gasteiger partial charge in [0.2, 0.25) is 11.8 Å². The van der Waals surface area contributed by atoms with Gasteiger partial charge < -0.3 is 19.0 Å². The number of aromatic nitrogens is 3. The molecule has 0 amide bonds. The molecule has 2 aliphatic rings. The van der Waals surface area contributed by atoms with Crippen molar-refractivity contribution < 1.29 is 13.4 Å². The number of morpholine rings is 1. The average molecular weight is 478 g/mol. The van der Waals surface area contributed by atoms with Gasteiger partial charge in [0.25, 0.3) is 0 Å². The molecule has 0 radical (unpaired) electrons. The van der Waals surface area contributed by atoms with Crippen LogP contribution in [-0.2, 0) is 15.7 Å². The lowest BCUT2D eigenvalue weighted by Crippen LogP contribution is -2.40. The number of hydrogen-bond acceptors (Lipinski definition) is 6. The molecule has 8 nitrogen and oxygen atoms in total. The minimum absolute atomic E-state index is 0.342. The third kappa shape index (κ3) is 3.93. The largest absolute Gasteiger partial charge is 0.424 e. The number of ether oxygens (including phenoxy) is 1. The lowest BCUT2D eigenvalue weighted by Gasteiger charge is -2.32. The Kier molecular flexibility index (Phi) is 5.68. The molecular weight excluding hydrogens is 450 g/mol. The Morgan fingerprint density at radius 1 is 1.06 bits per heavy atom. The number of hydrogen-bond donors (Lipinski definition) is 1. The fraction of sp³-hybridized carbons (Fsp3) is 0.360. The average Bonchev–Trinajstić information content (AvgIpc) is 3.64. The maximum Gasteiger partial charge on any atom is 0.236 e. The number of para-hydroxylation sites is 1. The van der Waals surface area contributed by atoms with Crippen LogP contribution in [0.4, 0.5) is 5.69 Å². The number of fused-ring (bicyclic) bond motifs is 1. The highest BCUT2D eigenvalue weighted by atomic mass is 32.2. The number of nitrogens with zero attached hydrogens (tertiary/aromatic N) is 4. The van der Waals surface area contributed by atoms with Crippen LogP contribution in [0.25, 0.3) is 22.2 Å². The first-order chi connectivity index (χ1) is 16.7. The number of benzene rings is 2. The summed E-state index contributed by atoms with van der Waals surface area (Å²) in [6.45, 7) is 5.24. The Balaban J connectivity index is 1.40. The van der Waals surface area contributed by atoms with Crippen LogP contribution in [0.1, 0.15) is 30.7 Å². The summed E-state index contributed by atoms with van der Waals surface area (Å²) in [7, 11) is -1.41. The molecule has 2 atom stereocenters. The molecule has 34 heavy (non-hydrogen) atoms. The summed E-state index contributed by atoms with van der Waals surface area (Å²) in [6, 6.07) is 16.3. The Bertz CT molecular complexity index is 1310. The summed E-state index contributed by atoms with van der Waals surface area (Å²) in [5.74, 6) is 0.928. The second kappa shape index (κ2) is 8.98. The van der Waals surface area contributed by atoms with Crippen molar-refractivity contribution in [3.8, 4) is 11.3 Å². The van der Waals surface area contributed by atoms with Crippen LogP contribution >= 0.6 is 0 Å². The lowest BCUT2D eigenvalue weighted by molar-refractivity contribution is 0.0245. The first-order valence-corrected chi connectivity index (χ1v) is 12.8. The normalized spacial score (nSPS) is 20.3. The van der Waals surface area contributed by atoms with E-state index in [-0.39, 0.29) is 6.04 Å². The molecule has 4 aromatic rings. The van der Waals surface area contributed by atoms with E-state index in [1.165, 1.54) is 18.5 Å². The van der Waals surface area contributed by atoms with E-state index < -0.39 is 11.0 Å². The molecule has 0 spiro atoms. The second-order valence-electron chi connectivity index (χ2n) is 8.78. The molecule has 4 heterocycles. The Hall–Kier alpha value is -3.01. The SMILES string of the molecule is Cc1nnc(C2COCCN2S(=O)c2ccc(N3CCCC3)c(-c3cc4ccccc4[nH]3)c2)o1. The zero-order chi connectivity index (χ0) is 23.1. The Morgan fingerprint density at radius 3 is 2.71 bits per heavy atom. The van der Waals surface area contributed by atoms with Crippen LogP contribution in [0.3, 0.4) is 0 Å². The highest BCUT2D eigenvalue weighted by Crippen LogP contribution is 2.37. The van der Waals surface area contributed by atoms with Crippen molar-refractivity contribution in [2.75, 3.05) is 37.7 Å². The van der Waals surface area contributed by atoms with Crippen molar-refractivity contribution in [2.45, 2.75) is 30.7 Å². The van der Waals surface area contributed by atoms with Crippen LogP contribution in [0.5, 0.6) is 0 Å². The van der Waals surface area contributed by atoms with Gasteiger partial charge in [-0.15, -0.1) is 10.2 Å². The molecule has 2 aromatic heterocycles. The van der Waals surface area contributed by atoms with E-state index in [0.717, 1.165) is 40.1 Å². The quantitative estimate of drug-likeness (QED) is 0.463. The number of anilines is 1. The third-order valence-corrected chi connectivity index (χ3v) is 8.08. The Morgan fingerprint density at radius 2 is 1.91 bits per heavy atom. The molecule has 0 bridgehead atoms. The van der Waals surface area contributed by atoms with Crippen molar-refractivity contribution in [3.63, 3.8) is 0 Å². The predicted octanol–water partition coefficient (Wildman–Crippen LogP) is 4.22. The first kappa shape index (κ1) is 21.5. The Labute approximate surface area is 200 Å². The summed E-state index contributed by atoms with van der Waals surface area (Å²) < 4.78 is 27.1. The van der Waals surface area contributed by atoms with Crippen LogP contribution in [0.2, 0.25) is 0 Å². The van der Waals surface area contributed by atoms with Gasteiger partial charge in [0.05, 0.1) is 18.1 Å². The van der Waals surface area contributed by atoms with Crippen molar-refractivity contribution in [2.24, 2.45) is 0 Å². The van der Waals surface area contributed by atoms with E-state index in [2.05, 4.69) is 50.4 Å². The molecule has 2 fully saturated rings. The minimum atomic E-state index is -1.41. The van der Waals surface area contributed by atoms with Crippen LogP contribution < -0.4 is 4.90 Å². The molecule has 6 rings (SSSR count). The third-order valence-electron chi connectivity index (χ3n) is 6.56. The van der Waals surface area contributed by atoms with E-state index in [9.17, 15) is 4.21 Å². The van der Waals surface area contributed by atoms with Crippen LogP contribution in [0.15, 0.2) is 57.8 Å². The van der Waals surface area contributed by atoms with Gasteiger partial charge in [-0.2, -0.15) is 0 Å². The lowest BCUT2D eigenvalue weighted by atomic mass is 10.1. The zero-order valence-corrected chi connectivity index (χ0v) is 19.9. The first-order valence-electron chi connectivity index (χ1n) is 11.7. The van der Waals surface area contributed by atoms with E-state index in [4.69, 9.17) is 9.15 Å². The summed E-state index contributed by atoms with van der Waals surface area (Å²) in [5.41, 5.74) is 4.38. The molecule has 176 valence electrons. The van der Waals surface area contributed by atoms with E-state index in [0.29, 0.717) is 31.5 Å². The predicted molar refractivity (Wildman–Crippen MR) is 131 cm³/mol. The zero-order valence-electron chi connectivity index (χ0n) is 19.1. The fourth-order valence-corrected chi connectivity index (χ4v) is 6.15. The molecule has 2 saturated heterocycles. The van der Waals surface area contributed by atoms with Gasteiger partial charge in [-0.1, -0.05) is 18.2 Å². The van der Waals surface area contributed by atoms with Gasteiger partial charge in [-0.3, -0.25) is 0 Å². The van der Waals surface area contributed by atoms with Crippen molar-refractivity contribution in [1.29, 1.82) is 0 Å². The molecule has 0 saturated carbocycles. The van der Waals surface area contributed by atoms with Crippen molar-refractivity contribution in [3.05, 3.63) is 60.3 Å². The molecule has 2 unspecified atom stereocenters. The molecule has 0 aliphatic carbocycles. The number of aryl methyl sites for hydroxylation is 1. The topological polar surface area (TPSA) is 87.5 Å². The molecule has 2 aliphatic heterocycles. The molecule has 9 heteroatoms. The van der Waals surface area contributed by atoms with Gasteiger partial charge in [-0.25, -0.2) is 8.51 Å². The van der Waals surface area contributed by atoms with Gasteiger partial charge in [0, 0.05) is 54.4 Å². The van der Waals surface area contributed by atoms with Crippen LogP contribution in [-0.4, -0.2) is 56.5 Å². The summed E-state index contributed by atoms with van der Waals surface area (Å²) in [4.78, 5) is 6.74. The summed E-state index contributed by atoms with van der Waals surface area (Å²) >= 11 is 0. The van der Waals surface area contributed by atoms with E-state index in [1.54, 1.807) is 6.92 Å². The van der Waals surface area contributed by atoms with E-state index in [1.807, 2.05) is 22.5 Å². The maximum atomic E-state index is 13.8. The summed E-state index contributed by atoms with van der Waals surface area (Å²) in [5, 5.41) is 9.28. The van der Waals surface area contributed by atoms with E-state index >= 15 is 0 Å². The van der Waals surface area contributed by atoms with Gasteiger partial charge in [0.15, 0.2) is 0 Å². The highest BCUT2D eigenvalue weighted by Gasteiger charge is 2.34. The van der Waals surface area contributed by atoms with Gasteiger partial charge in [-0.05, 0) is 43.2 Å². The molecule has 2 aromatic carbocycles. The smallest absolute Gasteiger partial charge is 0.236 e. The minimum Gasteiger partial charge on any atom is -0.424 e. The van der Waals surface area contributed by atoms with Gasteiger partial charge >= 0.3 is 0 Å². The second-order valence-corrected chi connectivity index (χ2v) is 10.2. The fourth-order valence-electron chi connectivity index (χ4n) is 4.86. The van der Waals surface area contributed by atoms with Crippen molar-refractivity contribution >= 4 is 27.6 Å². The monoisotopic (exact) mass is 477 g/mol. The van der Waals surface area contributed by atoms with Gasteiger partial charge in [0.1, 0.15) is 17.0 Å². The number of nitrogens with one attached hydrogen (secondary N) is 1. The maximum absolute atomic E-state index is 13.8. The van der Waals surface area contributed by atoms with Crippen molar-refractivity contribution in [1.82, 2.24) is 19.5 Å². The molecule has 1 N–H and O–H groups in total. The number of rotatable bonds is 5. The number of H-pyrrole nitrogens is 1. The molecular formula is C25H27N5O3S. The highest BCUT2D eigenvalue weighted by molar-refractivity contribution is 7.82. The number of aromatic amines is 1. The standard InChI is InChI=1S/C25H27N5O3S/c1-17-27-28-25(33-17)24-16-32-13-12-30(24)34(31)19-8-9-23(29-10-4-5-11-29)20(15-19)22-14-18-6-2-3-7-21(18)26-22/h2-3,6-9,14-15,24,26H,4-5,10-13,16H2,1H3. The summed E-state index contributed by atoms with van der Waals surface area (Å²) in [6.07, 6.45) is 2.39.